The van der Waals surface area contributed by atoms with Gasteiger partial charge in [0.2, 0.25) is 0 Å². The molecule has 0 saturated carbocycles. The number of rotatable bonds is 4. The van der Waals surface area contributed by atoms with Crippen molar-refractivity contribution < 1.29 is 9.50 Å². The summed E-state index contributed by atoms with van der Waals surface area (Å²) in [5, 5.41) is 22.6. The Morgan fingerprint density at radius 2 is 2.06 bits per heavy atom. The molecular formula is C24H26FN5O. The van der Waals surface area contributed by atoms with Crippen LogP contribution in [-0.4, -0.2) is 42.1 Å². The summed E-state index contributed by atoms with van der Waals surface area (Å²) in [7, 11) is 0. The molecule has 3 aromatic rings. The van der Waals surface area contributed by atoms with E-state index in [4.69, 9.17) is 0 Å². The molecule has 0 spiro atoms. The van der Waals surface area contributed by atoms with E-state index in [2.05, 4.69) is 34.0 Å². The second-order valence-corrected chi connectivity index (χ2v) is 9.32. The van der Waals surface area contributed by atoms with Crippen LogP contribution in [0.3, 0.4) is 0 Å². The first-order valence-electron chi connectivity index (χ1n) is 10.6. The third kappa shape index (κ3) is 3.33. The first-order valence-corrected chi connectivity index (χ1v) is 10.6. The highest BCUT2D eigenvalue weighted by Crippen LogP contribution is 2.49. The second-order valence-electron chi connectivity index (χ2n) is 9.32. The van der Waals surface area contributed by atoms with E-state index in [0.29, 0.717) is 28.9 Å². The fourth-order valence-electron chi connectivity index (χ4n) is 5.19. The predicted octanol–water partition coefficient (Wildman–Crippen LogP) is 4.31. The SMILES string of the molecule is C=C(c1ccc(-c2ccc(-n3ccnc3)cc2O)nn1)[C@H]1C[C@]2(C)CC[C@@](C)(N2)[C@H]1F. The van der Waals surface area contributed by atoms with Crippen LogP contribution < -0.4 is 5.32 Å². The fourth-order valence-corrected chi connectivity index (χ4v) is 5.19. The van der Waals surface area contributed by atoms with Crippen molar-refractivity contribution >= 4 is 5.57 Å². The number of aromatic hydroxyl groups is 1. The summed E-state index contributed by atoms with van der Waals surface area (Å²) in [5.74, 6) is -0.187. The highest BCUT2D eigenvalue weighted by atomic mass is 19.1. The van der Waals surface area contributed by atoms with E-state index < -0.39 is 11.7 Å². The summed E-state index contributed by atoms with van der Waals surface area (Å²) in [4.78, 5) is 4.02. The zero-order valence-corrected chi connectivity index (χ0v) is 17.7. The monoisotopic (exact) mass is 419 g/mol. The molecule has 31 heavy (non-hydrogen) atoms. The number of phenols is 1. The van der Waals surface area contributed by atoms with Crippen molar-refractivity contribution in [2.24, 2.45) is 5.92 Å². The van der Waals surface area contributed by atoms with Crippen molar-refractivity contribution in [1.82, 2.24) is 25.1 Å². The Kier molecular flexibility index (Phi) is 4.48. The molecule has 4 atom stereocenters. The molecule has 0 radical (unpaired) electrons. The number of benzene rings is 1. The zero-order valence-electron chi connectivity index (χ0n) is 17.7. The van der Waals surface area contributed by atoms with E-state index in [0.717, 1.165) is 18.5 Å². The summed E-state index contributed by atoms with van der Waals surface area (Å²) in [6.07, 6.45) is 6.62. The van der Waals surface area contributed by atoms with Crippen molar-refractivity contribution in [3.05, 3.63) is 61.3 Å². The van der Waals surface area contributed by atoms with Gasteiger partial charge in [0.1, 0.15) is 11.9 Å². The lowest BCUT2D eigenvalue weighted by Gasteiger charge is -2.45. The molecule has 7 heteroatoms. The van der Waals surface area contributed by atoms with Gasteiger partial charge in [-0.05, 0) is 62.9 Å². The Morgan fingerprint density at radius 3 is 2.74 bits per heavy atom. The summed E-state index contributed by atoms with van der Waals surface area (Å²) in [5.41, 5.74) is 2.63. The molecule has 0 unspecified atom stereocenters. The van der Waals surface area contributed by atoms with E-state index in [-0.39, 0.29) is 17.2 Å². The van der Waals surface area contributed by atoms with Gasteiger partial charge in [0, 0.05) is 41.0 Å². The first-order chi connectivity index (χ1) is 14.8. The zero-order chi connectivity index (χ0) is 21.8. The van der Waals surface area contributed by atoms with E-state index in [9.17, 15) is 5.11 Å². The third-order valence-corrected chi connectivity index (χ3v) is 6.92. The molecule has 2 N–H and O–H groups in total. The van der Waals surface area contributed by atoms with Gasteiger partial charge in [0.25, 0.3) is 0 Å². The molecule has 2 bridgehead atoms. The quantitative estimate of drug-likeness (QED) is 0.659. The number of halogens is 1. The number of hydrogen-bond donors (Lipinski definition) is 2. The van der Waals surface area contributed by atoms with E-state index in [1.54, 1.807) is 36.9 Å². The topological polar surface area (TPSA) is 75.9 Å². The van der Waals surface area contributed by atoms with Crippen molar-refractivity contribution in [2.45, 2.75) is 50.4 Å². The van der Waals surface area contributed by atoms with Gasteiger partial charge in [0.05, 0.1) is 23.4 Å². The van der Waals surface area contributed by atoms with Crippen LogP contribution in [0.2, 0.25) is 0 Å². The maximum Gasteiger partial charge on any atom is 0.127 e. The Morgan fingerprint density at radius 1 is 1.23 bits per heavy atom. The fraction of sp³-hybridized carbons (Fsp3) is 0.375. The number of alkyl halides is 1. The van der Waals surface area contributed by atoms with Crippen LogP contribution in [0.15, 0.2) is 55.6 Å². The van der Waals surface area contributed by atoms with Crippen LogP contribution >= 0.6 is 0 Å². The van der Waals surface area contributed by atoms with Gasteiger partial charge in [0.15, 0.2) is 0 Å². The average Bonchev–Trinajstić information content (AvgIpc) is 3.38. The summed E-state index contributed by atoms with van der Waals surface area (Å²) in [6, 6.07) is 8.95. The van der Waals surface area contributed by atoms with E-state index in [1.165, 1.54) is 0 Å². The number of imidazole rings is 1. The van der Waals surface area contributed by atoms with Crippen molar-refractivity contribution in [2.75, 3.05) is 0 Å². The van der Waals surface area contributed by atoms with Crippen LogP contribution in [0.5, 0.6) is 5.75 Å². The van der Waals surface area contributed by atoms with Gasteiger partial charge in [-0.3, -0.25) is 0 Å². The molecule has 4 heterocycles. The number of nitrogens with zero attached hydrogens (tertiary/aromatic N) is 4. The number of aromatic nitrogens is 4. The third-order valence-electron chi connectivity index (χ3n) is 6.92. The lowest BCUT2D eigenvalue weighted by Crippen LogP contribution is -2.60. The lowest BCUT2D eigenvalue weighted by molar-refractivity contribution is 0.0770. The number of allylic oxidation sites excluding steroid dienone is 1. The van der Waals surface area contributed by atoms with Gasteiger partial charge in [-0.25, -0.2) is 9.37 Å². The molecule has 1 aromatic carbocycles. The maximum absolute atomic E-state index is 15.4. The van der Waals surface area contributed by atoms with Crippen molar-refractivity contribution in [1.29, 1.82) is 0 Å². The molecule has 5 rings (SSSR count). The smallest absolute Gasteiger partial charge is 0.127 e. The van der Waals surface area contributed by atoms with Crippen LogP contribution in [0.4, 0.5) is 4.39 Å². The van der Waals surface area contributed by atoms with Gasteiger partial charge in [-0.2, -0.15) is 5.10 Å². The lowest BCUT2D eigenvalue weighted by atomic mass is 9.75. The Bertz CT molecular complexity index is 1130. The van der Waals surface area contributed by atoms with Crippen molar-refractivity contribution in [3.63, 3.8) is 0 Å². The van der Waals surface area contributed by atoms with Crippen LogP contribution in [0.1, 0.15) is 38.8 Å². The molecule has 0 amide bonds. The number of phenolic OH excluding ortho intramolecular Hbond substituents is 1. The molecule has 2 aromatic heterocycles. The number of piperidine rings is 1. The molecule has 0 aliphatic carbocycles. The van der Waals surface area contributed by atoms with E-state index >= 15 is 4.39 Å². The minimum Gasteiger partial charge on any atom is -0.507 e. The maximum atomic E-state index is 15.4. The normalized spacial score (nSPS) is 29.8. The van der Waals surface area contributed by atoms with E-state index in [1.807, 2.05) is 23.6 Å². The largest absolute Gasteiger partial charge is 0.507 e. The van der Waals surface area contributed by atoms with Crippen LogP contribution in [0.25, 0.3) is 22.5 Å². The summed E-state index contributed by atoms with van der Waals surface area (Å²) < 4.78 is 17.2. The Labute approximate surface area is 180 Å². The Balaban J connectivity index is 1.39. The molecule has 2 fully saturated rings. The molecule has 2 aliphatic heterocycles. The molecule has 2 aliphatic rings. The molecule has 6 nitrogen and oxygen atoms in total. The standard InChI is InChI=1S/C24H26FN5O/c1-15(18-13-23(2)8-9-24(3,29-23)22(18)25)19-6-7-20(28-27-19)17-5-4-16(12-21(17)31)30-11-10-26-14-30/h4-7,10-12,14,18,22,29,31H,1,8-9,13H2,2-3H3/t18-,22+,23+,24-/m1/s1. The highest BCUT2D eigenvalue weighted by molar-refractivity contribution is 5.70. The van der Waals surface area contributed by atoms with Gasteiger partial charge in [-0.1, -0.05) is 6.58 Å². The molecule has 160 valence electrons. The van der Waals surface area contributed by atoms with Crippen LogP contribution in [0, 0.1) is 5.92 Å². The predicted molar refractivity (Wildman–Crippen MR) is 117 cm³/mol. The summed E-state index contributed by atoms with van der Waals surface area (Å²) in [6.45, 7) is 8.32. The van der Waals surface area contributed by atoms with Gasteiger partial charge < -0.3 is 15.0 Å². The first kappa shape index (κ1) is 19.9. The van der Waals surface area contributed by atoms with Crippen LogP contribution in [-0.2, 0) is 0 Å². The number of hydrogen-bond acceptors (Lipinski definition) is 5. The molecular weight excluding hydrogens is 393 g/mol. The Hall–Kier alpha value is -3.06. The molecule has 2 saturated heterocycles. The van der Waals surface area contributed by atoms with Gasteiger partial charge in [-0.15, -0.1) is 5.10 Å². The summed E-state index contributed by atoms with van der Waals surface area (Å²) >= 11 is 0. The number of fused-ring (bicyclic) bond motifs is 2. The number of nitrogens with one attached hydrogen (secondary N) is 1. The minimum atomic E-state index is -1.02. The van der Waals surface area contributed by atoms with Crippen molar-refractivity contribution in [3.8, 4) is 22.7 Å². The average molecular weight is 420 g/mol. The second kappa shape index (κ2) is 6.99. The van der Waals surface area contributed by atoms with Gasteiger partial charge >= 0.3 is 0 Å². The minimum absolute atomic E-state index is 0.0684. The highest BCUT2D eigenvalue weighted by Gasteiger charge is 2.55.